The van der Waals surface area contributed by atoms with Crippen LogP contribution in [0.3, 0.4) is 0 Å². The molecule has 176 valence electrons. The molecule has 0 spiro atoms. The molecule has 0 bridgehead atoms. The number of para-hydroxylation sites is 1. The van der Waals surface area contributed by atoms with E-state index in [-0.39, 0.29) is 11.8 Å². The lowest BCUT2D eigenvalue weighted by molar-refractivity contribution is -0.120. The van der Waals surface area contributed by atoms with E-state index in [4.69, 9.17) is 9.72 Å². The van der Waals surface area contributed by atoms with Gasteiger partial charge in [0.2, 0.25) is 5.91 Å². The maximum absolute atomic E-state index is 13.3. The van der Waals surface area contributed by atoms with Crippen molar-refractivity contribution in [1.82, 2.24) is 15.6 Å². The molecule has 2 amide bonds. The van der Waals surface area contributed by atoms with Crippen LogP contribution in [0, 0.1) is 0 Å². The molecule has 3 aromatic carbocycles. The lowest BCUT2D eigenvalue weighted by Crippen LogP contribution is -2.47. The topological polar surface area (TPSA) is 83.6 Å². The number of aromatic nitrogens is 1. The van der Waals surface area contributed by atoms with E-state index in [2.05, 4.69) is 10.6 Å². The van der Waals surface area contributed by atoms with Crippen LogP contribution in [0.2, 0.25) is 0 Å². The highest BCUT2D eigenvalue weighted by Crippen LogP contribution is 2.26. The van der Waals surface area contributed by atoms with Crippen molar-refractivity contribution in [1.29, 1.82) is 0 Å². The summed E-state index contributed by atoms with van der Waals surface area (Å²) in [5, 5.41) is 6.69. The Morgan fingerprint density at radius 3 is 2.57 bits per heavy atom. The Hall–Kier alpha value is -4.39. The third kappa shape index (κ3) is 4.94. The summed E-state index contributed by atoms with van der Waals surface area (Å²) >= 11 is 0. The van der Waals surface area contributed by atoms with Gasteiger partial charge in [-0.15, -0.1) is 0 Å². The molecule has 1 fully saturated rings. The molecule has 0 atom stereocenters. The molecule has 0 aliphatic carbocycles. The first-order valence-electron chi connectivity index (χ1n) is 11.5. The van der Waals surface area contributed by atoms with E-state index in [1.807, 2.05) is 83.8 Å². The van der Waals surface area contributed by atoms with Crippen LogP contribution in [0.25, 0.3) is 22.2 Å². The van der Waals surface area contributed by atoms with Crippen LogP contribution in [-0.4, -0.2) is 43.5 Å². The SMILES string of the molecule is COc1ccc(-c2cc(C(=O)NCc3ccc(N4CCNC(=O)C4)cc3)c3ccccc3n2)cc1. The van der Waals surface area contributed by atoms with Crippen LogP contribution in [-0.2, 0) is 11.3 Å². The lowest BCUT2D eigenvalue weighted by atomic mass is 10.0. The van der Waals surface area contributed by atoms with Crippen LogP contribution in [0.4, 0.5) is 5.69 Å². The summed E-state index contributed by atoms with van der Waals surface area (Å²) in [4.78, 5) is 31.7. The fourth-order valence-electron chi connectivity index (χ4n) is 4.23. The van der Waals surface area contributed by atoms with E-state index in [1.165, 1.54) is 0 Å². The molecular formula is C28H26N4O3. The second-order valence-electron chi connectivity index (χ2n) is 8.42. The summed E-state index contributed by atoms with van der Waals surface area (Å²) in [6.45, 7) is 2.19. The Kier molecular flexibility index (Phi) is 6.30. The predicted octanol–water partition coefficient (Wildman–Crippen LogP) is 3.78. The third-order valence-corrected chi connectivity index (χ3v) is 6.14. The van der Waals surface area contributed by atoms with Crippen LogP contribution in [0.1, 0.15) is 15.9 Å². The quantitative estimate of drug-likeness (QED) is 0.452. The predicted molar refractivity (Wildman–Crippen MR) is 137 cm³/mol. The lowest BCUT2D eigenvalue weighted by Gasteiger charge is -2.28. The van der Waals surface area contributed by atoms with E-state index in [0.29, 0.717) is 25.2 Å². The number of anilines is 1. The maximum atomic E-state index is 13.3. The second kappa shape index (κ2) is 9.85. The molecule has 0 unspecified atom stereocenters. The second-order valence-corrected chi connectivity index (χ2v) is 8.42. The number of nitrogens with one attached hydrogen (secondary N) is 2. The molecule has 1 saturated heterocycles. The van der Waals surface area contributed by atoms with Gasteiger partial charge in [0, 0.05) is 36.3 Å². The molecule has 1 aliphatic heterocycles. The Bertz CT molecular complexity index is 1370. The number of piperazine rings is 1. The summed E-state index contributed by atoms with van der Waals surface area (Å²) < 4.78 is 5.25. The first-order chi connectivity index (χ1) is 17.1. The molecule has 0 saturated carbocycles. The number of rotatable bonds is 6. The smallest absolute Gasteiger partial charge is 0.252 e. The van der Waals surface area contributed by atoms with Crippen LogP contribution >= 0.6 is 0 Å². The van der Waals surface area contributed by atoms with Gasteiger partial charge in [0.25, 0.3) is 5.91 Å². The van der Waals surface area contributed by atoms with Crippen LogP contribution < -0.4 is 20.3 Å². The van der Waals surface area contributed by atoms with Crippen LogP contribution in [0.5, 0.6) is 5.75 Å². The van der Waals surface area contributed by atoms with E-state index >= 15 is 0 Å². The molecule has 7 heteroatoms. The Balaban J connectivity index is 1.35. The highest BCUT2D eigenvalue weighted by atomic mass is 16.5. The average molecular weight is 467 g/mol. The summed E-state index contributed by atoms with van der Waals surface area (Å²) in [5.41, 5.74) is 4.97. The van der Waals surface area contributed by atoms with Crippen molar-refractivity contribution in [2.24, 2.45) is 0 Å². The first-order valence-corrected chi connectivity index (χ1v) is 11.5. The molecule has 4 aromatic rings. The number of hydrogen-bond donors (Lipinski definition) is 2. The number of amides is 2. The number of benzene rings is 3. The molecule has 0 radical (unpaired) electrons. The summed E-state index contributed by atoms with van der Waals surface area (Å²) in [7, 11) is 1.63. The van der Waals surface area contributed by atoms with Gasteiger partial charge in [0.15, 0.2) is 0 Å². The fourth-order valence-corrected chi connectivity index (χ4v) is 4.23. The monoisotopic (exact) mass is 466 g/mol. The summed E-state index contributed by atoms with van der Waals surface area (Å²) in [6.07, 6.45) is 0. The number of pyridine rings is 1. The number of fused-ring (bicyclic) bond motifs is 1. The largest absolute Gasteiger partial charge is 0.497 e. The minimum atomic E-state index is -0.157. The van der Waals surface area contributed by atoms with E-state index < -0.39 is 0 Å². The first kappa shape index (κ1) is 22.4. The van der Waals surface area contributed by atoms with E-state index in [1.54, 1.807) is 7.11 Å². The standard InChI is InChI=1S/C28H26N4O3/c1-35-22-12-8-20(9-13-22)26-16-24(23-4-2-3-5-25(23)31-26)28(34)30-17-19-6-10-21(11-7-19)32-15-14-29-27(33)18-32/h2-13,16H,14-15,17-18H2,1H3,(H,29,33)(H,30,34). The van der Waals surface area contributed by atoms with E-state index in [9.17, 15) is 9.59 Å². The van der Waals surface area contributed by atoms with Gasteiger partial charge in [-0.2, -0.15) is 0 Å². The van der Waals surface area contributed by atoms with Crippen molar-refractivity contribution >= 4 is 28.4 Å². The number of methoxy groups -OCH3 is 1. The number of hydrogen-bond acceptors (Lipinski definition) is 5. The molecular weight excluding hydrogens is 440 g/mol. The van der Waals surface area contributed by atoms with Crippen molar-refractivity contribution in [3.63, 3.8) is 0 Å². The van der Waals surface area contributed by atoms with Gasteiger partial charge < -0.3 is 20.3 Å². The van der Waals surface area contributed by atoms with Crippen molar-refractivity contribution < 1.29 is 14.3 Å². The van der Waals surface area contributed by atoms with Crippen molar-refractivity contribution in [3.05, 3.63) is 90.0 Å². The highest BCUT2D eigenvalue weighted by molar-refractivity contribution is 6.07. The normalized spacial score (nSPS) is 13.4. The average Bonchev–Trinajstić information content (AvgIpc) is 2.91. The zero-order valence-corrected chi connectivity index (χ0v) is 19.5. The molecule has 1 aliphatic rings. The minimum Gasteiger partial charge on any atom is -0.497 e. The summed E-state index contributed by atoms with van der Waals surface area (Å²) in [5.74, 6) is 0.642. The van der Waals surface area contributed by atoms with Gasteiger partial charge in [0.05, 0.1) is 30.4 Å². The number of ether oxygens (including phenoxy) is 1. The van der Waals surface area contributed by atoms with E-state index in [0.717, 1.165) is 45.7 Å². The number of nitrogens with zero attached hydrogens (tertiary/aromatic N) is 2. The Morgan fingerprint density at radius 1 is 1.06 bits per heavy atom. The molecule has 2 heterocycles. The highest BCUT2D eigenvalue weighted by Gasteiger charge is 2.17. The van der Waals surface area contributed by atoms with Gasteiger partial charge >= 0.3 is 0 Å². The Labute approximate surface area is 203 Å². The van der Waals surface area contributed by atoms with Gasteiger partial charge in [-0.1, -0.05) is 30.3 Å². The number of carbonyl (C=O) groups excluding carboxylic acids is 2. The van der Waals surface area contributed by atoms with Gasteiger partial charge in [0.1, 0.15) is 5.75 Å². The van der Waals surface area contributed by atoms with Gasteiger partial charge in [-0.3, -0.25) is 9.59 Å². The number of carbonyl (C=O) groups is 2. The zero-order chi connectivity index (χ0) is 24.2. The fraction of sp³-hybridized carbons (Fsp3) is 0.179. The molecule has 7 nitrogen and oxygen atoms in total. The zero-order valence-electron chi connectivity index (χ0n) is 19.5. The third-order valence-electron chi connectivity index (χ3n) is 6.14. The molecule has 5 rings (SSSR count). The molecule has 1 aromatic heterocycles. The molecule has 35 heavy (non-hydrogen) atoms. The maximum Gasteiger partial charge on any atom is 0.252 e. The molecule has 2 N–H and O–H groups in total. The van der Waals surface area contributed by atoms with Crippen LogP contribution in [0.15, 0.2) is 78.9 Å². The van der Waals surface area contributed by atoms with Crippen molar-refractivity contribution in [2.45, 2.75) is 6.54 Å². The van der Waals surface area contributed by atoms with Crippen molar-refractivity contribution in [2.75, 3.05) is 31.6 Å². The van der Waals surface area contributed by atoms with Crippen molar-refractivity contribution in [3.8, 4) is 17.0 Å². The summed E-state index contributed by atoms with van der Waals surface area (Å²) in [6, 6.07) is 25.1. The van der Waals surface area contributed by atoms with Gasteiger partial charge in [-0.05, 0) is 54.1 Å². The van der Waals surface area contributed by atoms with Gasteiger partial charge in [-0.25, -0.2) is 4.98 Å². The Morgan fingerprint density at radius 2 is 1.83 bits per heavy atom. The minimum absolute atomic E-state index is 0.0335.